The fourth-order valence-electron chi connectivity index (χ4n) is 4.60. The van der Waals surface area contributed by atoms with E-state index < -0.39 is 0 Å². The summed E-state index contributed by atoms with van der Waals surface area (Å²) in [5, 5.41) is 14.2. The molecule has 0 radical (unpaired) electrons. The molecule has 1 aliphatic rings. The lowest BCUT2D eigenvalue weighted by Crippen LogP contribution is -2.24. The number of nitrogens with zero attached hydrogens (tertiary/aromatic N) is 4. The highest BCUT2D eigenvalue weighted by molar-refractivity contribution is 5.85. The van der Waals surface area contributed by atoms with Gasteiger partial charge in [0, 0.05) is 31.0 Å². The first-order chi connectivity index (χ1) is 12.9. The molecule has 0 saturated carbocycles. The first-order valence-electron chi connectivity index (χ1n) is 9.75. The van der Waals surface area contributed by atoms with Crippen LogP contribution in [-0.2, 0) is 6.42 Å². The quantitative estimate of drug-likeness (QED) is 0.767. The van der Waals surface area contributed by atoms with Crippen molar-refractivity contribution in [1.82, 2.24) is 14.6 Å². The van der Waals surface area contributed by atoms with Gasteiger partial charge in [0.2, 0.25) is 0 Å². The molecule has 0 unspecified atom stereocenters. The molecule has 4 rings (SSSR count). The van der Waals surface area contributed by atoms with Crippen molar-refractivity contribution in [3.63, 3.8) is 0 Å². The molecule has 0 spiro atoms. The summed E-state index contributed by atoms with van der Waals surface area (Å²) in [6, 6.07) is 4.47. The molecule has 0 saturated heterocycles. The van der Waals surface area contributed by atoms with Crippen molar-refractivity contribution in [2.45, 2.75) is 47.5 Å². The lowest BCUT2D eigenvalue weighted by molar-refractivity contribution is 0.289. The van der Waals surface area contributed by atoms with E-state index in [4.69, 9.17) is 10.1 Å². The number of fused-ring (bicyclic) bond motifs is 3. The zero-order chi connectivity index (χ0) is 19.3. The maximum atomic E-state index is 9.26. The number of aromatic nitrogens is 3. The van der Waals surface area contributed by atoms with Crippen molar-refractivity contribution in [2.75, 3.05) is 24.6 Å². The SMILES string of the molecule is Cc1cc(C)c(-c2c(C)nn3c4c(c(C)nc23)CCN4CCCO)c(C)c1. The molecular weight excluding hydrogens is 336 g/mol. The Bertz CT molecular complexity index is 1010. The topological polar surface area (TPSA) is 53.7 Å². The largest absolute Gasteiger partial charge is 0.396 e. The number of aryl methyl sites for hydroxylation is 5. The Hall–Kier alpha value is -2.40. The molecular formula is C22H28N4O. The normalized spacial score (nSPS) is 13.6. The second kappa shape index (κ2) is 6.64. The van der Waals surface area contributed by atoms with Crippen LogP contribution >= 0.6 is 0 Å². The molecule has 0 amide bonds. The van der Waals surface area contributed by atoms with Gasteiger partial charge in [-0.2, -0.15) is 9.61 Å². The second-order valence-electron chi connectivity index (χ2n) is 7.78. The average Bonchev–Trinajstić information content (AvgIpc) is 3.15. The minimum Gasteiger partial charge on any atom is -0.396 e. The van der Waals surface area contributed by atoms with Crippen LogP contribution in [0, 0.1) is 34.6 Å². The summed E-state index contributed by atoms with van der Waals surface area (Å²) in [6.45, 7) is 12.7. The third-order valence-corrected chi connectivity index (χ3v) is 5.66. The second-order valence-corrected chi connectivity index (χ2v) is 7.78. The number of hydrogen-bond acceptors (Lipinski definition) is 4. The fourth-order valence-corrected chi connectivity index (χ4v) is 4.60. The first-order valence-corrected chi connectivity index (χ1v) is 9.75. The fraction of sp³-hybridized carbons (Fsp3) is 0.455. The highest BCUT2D eigenvalue weighted by Gasteiger charge is 2.28. The monoisotopic (exact) mass is 364 g/mol. The van der Waals surface area contributed by atoms with Crippen molar-refractivity contribution in [1.29, 1.82) is 0 Å². The predicted octanol–water partition coefficient (Wildman–Crippen LogP) is 3.68. The Balaban J connectivity index is 1.98. The van der Waals surface area contributed by atoms with Gasteiger partial charge in [-0.1, -0.05) is 17.7 Å². The van der Waals surface area contributed by atoms with Crippen molar-refractivity contribution in [3.8, 4) is 11.1 Å². The molecule has 3 heterocycles. The molecule has 1 N–H and O–H groups in total. The van der Waals surface area contributed by atoms with Gasteiger partial charge in [-0.05, 0) is 64.2 Å². The van der Waals surface area contributed by atoms with E-state index in [9.17, 15) is 5.11 Å². The number of aliphatic hydroxyl groups is 1. The van der Waals surface area contributed by atoms with E-state index in [2.05, 4.69) is 51.7 Å². The predicted molar refractivity (Wildman–Crippen MR) is 110 cm³/mol. The number of benzene rings is 1. The third-order valence-electron chi connectivity index (χ3n) is 5.66. The Labute approximate surface area is 160 Å². The van der Waals surface area contributed by atoms with Crippen molar-refractivity contribution < 1.29 is 5.11 Å². The van der Waals surface area contributed by atoms with Crippen LogP contribution in [0.2, 0.25) is 0 Å². The van der Waals surface area contributed by atoms with E-state index in [1.807, 2.05) is 4.52 Å². The van der Waals surface area contributed by atoms with Crippen LogP contribution in [0.1, 0.15) is 40.1 Å². The van der Waals surface area contributed by atoms with E-state index in [1.54, 1.807) is 0 Å². The molecule has 0 bridgehead atoms. The maximum Gasteiger partial charge on any atom is 0.165 e. The van der Waals surface area contributed by atoms with Crippen LogP contribution in [-0.4, -0.2) is 39.4 Å². The Kier molecular flexibility index (Phi) is 4.42. The van der Waals surface area contributed by atoms with E-state index in [0.717, 1.165) is 54.3 Å². The summed E-state index contributed by atoms with van der Waals surface area (Å²) in [5.74, 6) is 1.16. The average molecular weight is 364 g/mol. The van der Waals surface area contributed by atoms with Crippen LogP contribution in [0.5, 0.6) is 0 Å². The van der Waals surface area contributed by atoms with Gasteiger partial charge in [0.1, 0.15) is 5.82 Å². The van der Waals surface area contributed by atoms with Gasteiger partial charge in [0.25, 0.3) is 0 Å². The van der Waals surface area contributed by atoms with E-state index in [0.29, 0.717) is 0 Å². The van der Waals surface area contributed by atoms with Crippen molar-refractivity contribution in [2.24, 2.45) is 0 Å². The molecule has 5 nitrogen and oxygen atoms in total. The molecule has 1 aliphatic heterocycles. The summed E-state index contributed by atoms with van der Waals surface area (Å²) in [7, 11) is 0. The summed E-state index contributed by atoms with van der Waals surface area (Å²) in [4.78, 5) is 7.33. The van der Waals surface area contributed by atoms with Crippen LogP contribution in [0.25, 0.3) is 16.8 Å². The minimum atomic E-state index is 0.212. The van der Waals surface area contributed by atoms with E-state index in [1.165, 1.54) is 27.8 Å². The van der Waals surface area contributed by atoms with Gasteiger partial charge in [0.05, 0.1) is 11.3 Å². The highest BCUT2D eigenvalue weighted by atomic mass is 16.3. The number of rotatable bonds is 4. The van der Waals surface area contributed by atoms with Gasteiger partial charge in [-0.3, -0.25) is 0 Å². The molecule has 1 aromatic carbocycles. The molecule has 142 valence electrons. The Morgan fingerprint density at radius 1 is 1.00 bits per heavy atom. The maximum absolute atomic E-state index is 9.26. The lowest BCUT2D eigenvalue weighted by Gasteiger charge is -2.20. The standard InChI is InChI=1S/C22H28N4O/c1-13-11-14(2)19(15(3)12-13)20-17(5)24-26-21(20)23-16(4)18-7-9-25(22(18)26)8-6-10-27/h11-12,27H,6-10H2,1-5H3. The number of hydrogen-bond donors (Lipinski definition) is 1. The third kappa shape index (κ3) is 2.81. The van der Waals surface area contributed by atoms with Gasteiger partial charge < -0.3 is 10.0 Å². The highest BCUT2D eigenvalue weighted by Crippen LogP contribution is 2.38. The van der Waals surface area contributed by atoms with Crippen LogP contribution in [0.4, 0.5) is 5.82 Å². The summed E-state index contributed by atoms with van der Waals surface area (Å²) in [6.07, 6.45) is 1.76. The van der Waals surface area contributed by atoms with Crippen LogP contribution in [0.3, 0.4) is 0 Å². The van der Waals surface area contributed by atoms with Crippen LogP contribution < -0.4 is 4.90 Å². The van der Waals surface area contributed by atoms with Crippen molar-refractivity contribution >= 4 is 11.5 Å². The molecule has 2 aromatic heterocycles. The molecule has 0 aliphatic carbocycles. The van der Waals surface area contributed by atoms with Crippen LogP contribution in [0.15, 0.2) is 12.1 Å². The zero-order valence-corrected chi connectivity index (χ0v) is 16.9. The molecule has 3 aromatic rings. The zero-order valence-electron chi connectivity index (χ0n) is 16.9. The van der Waals surface area contributed by atoms with Gasteiger partial charge in [-0.25, -0.2) is 4.98 Å². The first kappa shape index (κ1) is 18.0. The summed E-state index contributed by atoms with van der Waals surface area (Å²) < 4.78 is 2.04. The van der Waals surface area contributed by atoms with Crippen molar-refractivity contribution in [3.05, 3.63) is 45.8 Å². The van der Waals surface area contributed by atoms with Gasteiger partial charge >= 0.3 is 0 Å². The van der Waals surface area contributed by atoms with Gasteiger partial charge in [-0.15, -0.1) is 0 Å². The summed E-state index contributed by atoms with van der Waals surface area (Å²) >= 11 is 0. The van der Waals surface area contributed by atoms with E-state index >= 15 is 0 Å². The van der Waals surface area contributed by atoms with E-state index in [-0.39, 0.29) is 6.61 Å². The molecule has 27 heavy (non-hydrogen) atoms. The number of anilines is 1. The molecule has 5 heteroatoms. The Morgan fingerprint density at radius 2 is 1.70 bits per heavy atom. The van der Waals surface area contributed by atoms with Gasteiger partial charge in [0.15, 0.2) is 5.65 Å². The lowest BCUT2D eigenvalue weighted by atomic mass is 9.94. The Morgan fingerprint density at radius 3 is 2.37 bits per heavy atom. The molecule has 0 atom stereocenters. The smallest absolute Gasteiger partial charge is 0.165 e. The summed E-state index contributed by atoms with van der Waals surface area (Å²) in [5.41, 5.74) is 10.5. The minimum absolute atomic E-state index is 0.212. The molecule has 0 fully saturated rings. The number of aliphatic hydroxyl groups excluding tert-OH is 1.